The van der Waals surface area contributed by atoms with Crippen LogP contribution in [0, 0.1) is 12.8 Å². The zero-order chi connectivity index (χ0) is 19.3. The van der Waals surface area contributed by atoms with Gasteiger partial charge in [-0.2, -0.15) is 0 Å². The summed E-state index contributed by atoms with van der Waals surface area (Å²) in [7, 11) is 0. The third-order valence-electron chi connectivity index (χ3n) is 5.22. The summed E-state index contributed by atoms with van der Waals surface area (Å²) < 4.78 is 0. The molecule has 0 saturated carbocycles. The third kappa shape index (κ3) is 4.25. The zero-order valence-corrected chi connectivity index (χ0v) is 16.9. The number of amides is 1. The molecule has 1 fully saturated rings. The van der Waals surface area contributed by atoms with Crippen LogP contribution in [0.4, 0.5) is 5.69 Å². The van der Waals surface area contributed by atoms with Gasteiger partial charge >= 0.3 is 0 Å². The number of benzene rings is 2. The highest BCUT2D eigenvalue weighted by Gasteiger charge is 2.22. The lowest BCUT2D eigenvalue weighted by molar-refractivity contribution is 0.0949. The second-order valence-electron chi connectivity index (χ2n) is 7.30. The molecule has 4 nitrogen and oxygen atoms in total. The first-order valence-corrected chi connectivity index (χ1v) is 10.6. The summed E-state index contributed by atoms with van der Waals surface area (Å²) in [6.07, 6.45) is 2.31. The molecule has 1 aromatic heterocycles. The van der Waals surface area contributed by atoms with E-state index in [0.717, 1.165) is 47.1 Å². The minimum atomic E-state index is -0.00554. The van der Waals surface area contributed by atoms with Crippen LogP contribution in [0.25, 0.3) is 10.6 Å². The van der Waals surface area contributed by atoms with Gasteiger partial charge in [0.05, 0.1) is 5.69 Å². The molecular weight excluding hydrogens is 366 g/mol. The Morgan fingerprint density at radius 1 is 1.14 bits per heavy atom. The van der Waals surface area contributed by atoms with Crippen molar-refractivity contribution in [2.75, 3.05) is 24.5 Å². The van der Waals surface area contributed by atoms with Gasteiger partial charge in [-0.3, -0.25) is 4.79 Å². The first-order valence-electron chi connectivity index (χ1n) is 9.82. The third-order valence-corrected chi connectivity index (χ3v) is 6.42. The van der Waals surface area contributed by atoms with E-state index in [4.69, 9.17) is 0 Å². The molecule has 144 valence electrons. The van der Waals surface area contributed by atoms with E-state index in [1.807, 2.05) is 43.3 Å². The second kappa shape index (κ2) is 8.57. The maximum Gasteiger partial charge on any atom is 0.263 e. The first kappa shape index (κ1) is 18.7. The number of hydrogen-bond acceptors (Lipinski definition) is 4. The van der Waals surface area contributed by atoms with Gasteiger partial charge in [-0.05, 0) is 37.8 Å². The fraction of sp³-hybridized carbons (Fsp3) is 0.304. The number of thiazole rings is 1. The number of piperidine rings is 1. The van der Waals surface area contributed by atoms with E-state index in [2.05, 4.69) is 39.5 Å². The van der Waals surface area contributed by atoms with Gasteiger partial charge in [-0.1, -0.05) is 48.5 Å². The lowest BCUT2D eigenvalue weighted by Gasteiger charge is -2.34. The molecular formula is C23H25N3OS. The van der Waals surface area contributed by atoms with Crippen molar-refractivity contribution in [1.82, 2.24) is 10.3 Å². The standard InChI is InChI=1S/C23H25N3OS/c1-17-21(28-23(25-17)19-10-4-2-5-11-19)22(27)24-15-18-9-8-14-26(16-18)20-12-6-3-7-13-20/h2-7,10-13,18H,8-9,14-16H2,1H3,(H,24,27). The Morgan fingerprint density at radius 3 is 2.61 bits per heavy atom. The number of anilines is 1. The normalized spacial score (nSPS) is 16.8. The SMILES string of the molecule is Cc1nc(-c2ccccc2)sc1C(=O)NCC1CCCN(c2ccccc2)C1. The number of nitrogens with one attached hydrogen (secondary N) is 1. The van der Waals surface area contributed by atoms with E-state index in [9.17, 15) is 4.79 Å². The van der Waals surface area contributed by atoms with Gasteiger partial charge in [0.2, 0.25) is 0 Å². The summed E-state index contributed by atoms with van der Waals surface area (Å²) >= 11 is 1.47. The monoisotopic (exact) mass is 391 g/mol. The average Bonchev–Trinajstić information content (AvgIpc) is 3.15. The number of hydrogen-bond donors (Lipinski definition) is 1. The molecule has 1 N–H and O–H groups in total. The number of rotatable bonds is 5. The summed E-state index contributed by atoms with van der Waals surface area (Å²) in [5.41, 5.74) is 3.13. The molecule has 0 aliphatic carbocycles. The maximum absolute atomic E-state index is 12.8. The maximum atomic E-state index is 12.8. The van der Waals surface area contributed by atoms with Gasteiger partial charge in [0.15, 0.2) is 0 Å². The highest BCUT2D eigenvalue weighted by atomic mass is 32.1. The molecule has 1 atom stereocenters. The van der Waals surface area contributed by atoms with E-state index in [0.29, 0.717) is 12.5 Å². The number of aryl methyl sites for hydroxylation is 1. The Balaban J connectivity index is 1.37. The molecule has 1 aliphatic heterocycles. The summed E-state index contributed by atoms with van der Waals surface area (Å²) in [5.74, 6) is 0.466. The molecule has 2 aromatic carbocycles. The van der Waals surface area contributed by atoms with Crippen molar-refractivity contribution in [3.63, 3.8) is 0 Å². The Hall–Kier alpha value is -2.66. The van der Waals surface area contributed by atoms with Crippen LogP contribution in [-0.2, 0) is 0 Å². The van der Waals surface area contributed by atoms with Crippen molar-refractivity contribution >= 4 is 22.9 Å². The van der Waals surface area contributed by atoms with E-state index in [1.54, 1.807) is 0 Å². The topological polar surface area (TPSA) is 45.2 Å². The van der Waals surface area contributed by atoms with Crippen molar-refractivity contribution in [3.8, 4) is 10.6 Å². The van der Waals surface area contributed by atoms with Crippen LogP contribution < -0.4 is 10.2 Å². The minimum absolute atomic E-state index is 0.00554. The molecule has 3 aromatic rings. The molecule has 1 saturated heterocycles. The zero-order valence-electron chi connectivity index (χ0n) is 16.1. The second-order valence-corrected chi connectivity index (χ2v) is 8.30. The molecule has 4 rings (SSSR count). The quantitative estimate of drug-likeness (QED) is 0.682. The largest absolute Gasteiger partial charge is 0.371 e. The van der Waals surface area contributed by atoms with Crippen LogP contribution >= 0.6 is 11.3 Å². The van der Waals surface area contributed by atoms with Crippen LogP contribution in [0.15, 0.2) is 60.7 Å². The van der Waals surface area contributed by atoms with Crippen LogP contribution in [-0.4, -0.2) is 30.5 Å². The summed E-state index contributed by atoms with van der Waals surface area (Å²) in [6.45, 7) is 4.69. The van der Waals surface area contributed by atoms with Gasteiger partial charge in [0, 0.05) is 30.9 Å². The summed E-state index contributed by atoms with van der Waals surface area (Å²) in [4.78, 5) is 20.5. The van der Waals surface area contributed by atoms with Crippen LogP contribution in [0.5, 0.6) is 0 Å². The molecule has 28 heavy (non-hydrogen) atoms. The van der Waals surface area contributed by atoms with Crippen LogP contribution in [0.2, 0.25) is 0 Å². The van der Waals surface area contributed by atoms with E-state index in [-0.39, 0.29) is 5.91 Å². The fourth-order valence-electron chi connectivity index (χ4n) is 3.73. The Bertz CT molecular complexity index is 924. The molecule has 2 heterocycles. The predicted octanol–water partition coefficient (Wildman–Crippen LogP) is 4.76. The predicted molar refractivity (Wildman–Crippen MR) is 116 cm³/mol. The number of para-hydroxylation sites is 1. The van der Waals surface area contributed by atoms with E-state index in [1.165, 1.54) is 17.0 Å². The summed E-state index contributed by atoms with van der Waals surface area (Å²) in [5, 5.41) is 4.05. The molecule has 1 aliphatic rings. The van der Waals surface area contributed by atoms with E-state index >= 15 is 0 Å². The minimum Gasteiger partial charge on any atom is -0.371 e. The highest BCUT2D eigenvalue weighted by Crippen LogP contribution is 2.28. The lowest BCUT2D eigenvalue weighted by Crippen LogP contribution is -2.41. The van der Waals surface area contributed by atoms with Gasteiger partial charge in [-0.15, -0.1) is 11.3 Å². The molecule has 1 amide bonds. The highest BCUT2D eigenvalue weighted by molar-refractivity contribution is 7.17. The molecule has 1 unspecified atom stereocenters. The first-order chi connectivity index (χ1) is 13.7. The fourth-order valence-corrected chi connectivity index (χ4v) is 4.72. The average molecular weight is 392 g/mol. The van der Waals surface area contributed by atoms with Gasteiger partial charge in [0.1, 0.15) is 9.88 Å². The molecule has 5 heteroatoms. The van der Waals surface area contributed by atoms with E-state index < -0.39 is 0 Å². The van der Waals surface area contributed by atoms with Crippen LogP contribution in [0.1, 0.15) is 28.2 Å². The van der Waals surface area contributed by atoms with Crippen molar-refractivity contribution in [2.24, 2.45) is 5.92 Å². The number of nitrogens with zero attached hydrogens (tertiary/aromatic N) is 2. The molecule has 0 spiro atoms. The van der Waals surface area contributed by atoms with Gasteiger partial charge in [-0.25, -0.2) is 4.98 Å². The Kier molecular flexibility index (Phi) is 5.72. The number of aromatic nitrogens is 1. The van der Waals surface area contributed by atoms with Gasteiger partial charge < -0.3 is 10.2 Å². The van der Waals surface area contributed by atoms with Crippen molar-refractivity contribution in [2.45, 2.75) is 19.8 Å². The van der Waals surface area contributed by atoms with Crippen LogP contribution in [0.3, 0.4) is 0 Å². The van der Waals surface area contributed by atoms with Crippen molar-refractivity contribution < 1.29 is 4.79 Å². The lowest BCUT2D eigenvalue weighted by atomic mass is 9.97. The molecule has 0 radical (unpaired) electrons. The Labute approximate surface area is 170 Å². The molecule has 0 bridgehead atoms. The van der Waals surface area contributed by atoms with Crippen molar-refractivity contribution in [3.05, 3.63) is 71.2 Å². The number of carbonyl (C=O) groups excluding carboxylic acids is 1. The number of carbonyl (C=O) groups is 1. The Morgan fingerprint density at radius 2 is 1.86 bits per heavy atom. The smallest absolute Gasteiger partial charge is 0.263 e. The van der Waals surface area contributed by atoms with Gasteiger partial charge in [0.25, 0.3) is 5.91 Å². The summed E-state index contributed by atoms with van der Waals surface area (Å²) in [6, 6.07) is 20.6. The van der Waals surface area contributed by atoms with Crippen molar-refractivity contribution in [1.29, 1.82) is 0 Å².